The molecule has 0 heterocycles. The third kappa shape index (κ3) is 3.10. The van der Waals surface area contributed by atoms with E-state index in [1.807, 2.05) is 0 Å². The van der Waals surface area contributed by atoms with Crippen LogP contribution in [0.1, 0.15) is 0 Å². The van der Waals surface area contributed by atoms with Crippen LogP contribution in [0.25, 0.3) is 10.8 Å². The van der Waals surface area contributed by atoms with Crippen LogP contribution in [0.2, 0.25) is 0 Å². The average Bonchev–Trinajstić information content (AvgIpc) is 2.37. The molecule has 2 rings (SSSR count). The number of hydrogen-bond acceptors (Lipinski definition) is 5. The minimum absolute atomic E-state index is 0.146. The number of rotatable bonds is 4. The standard InChI is InChI=1S/C12H14N4O3S/c1-16(2)15-14-13-11-7-8-12(20(17,18)19)10-6-4-3-5-9(10)11/h3-8H,1-2H3,(H,13,15)(H,17,18,19). The van der Waals surface area contributed by atoms with E-state index in [1.165, 1.54) is 12.1 Å². The van der Waals surface area contributed by atoms with E-state index < -0.39 is 10.1 Å². The molecule has 2 aromatic carbocycles. The summed E-state index contributed by atoms with van der Waals surface area (Å²) in [5.74, 6) is 0. The maximum absolute atomic E-state index is 11.3. The van der Waals surface area contributed by atoms with Crippen LogP contribution in [-0.4, -0.2) is 32.1 Å². The number of hydrogen-bond donors (Lipinski definition) is 2. The van der Waals surface area contributed by atoms with Crippen LogP contribution in [0.3, 0.4) is 0 Å². The normalized spacial score (nSPS) is 12.4. The Bertz CT molecular complexity index is 756. The fourth-order valence-electron chi connectivity index (χ4n) is 1.73. The maximum atomic E-state index is 11.3. The summed E-state index contributed by atoms with van der Waals surface area (Å²) in [5.41, 5.74) is 3.13. The molecule has 0 unspecified atom stereocenters. The smallest absolute Gasteiger partial charge is 0.282 e. The topological polar surface area (TPSA) is 94.4 Å². The number of nitrogens with zero attached hydrogens (tertiary/aromatic N) is 3. The van der Waals surface area contributed by atoms with Gasteiger partial charge in [-0.15, -0.1) is 5.11 Å². The van der Waals surface area contributed by atoms with Gasteiger partial charge >= 0.3 is 0 Å². The first-order valence-corrected chi connectivity index (χ1v) is 7.16. The second-order valence-electron chi connectivity index (χ2n) is 4.30. The molecule has 0 bridgehead atoms. The molecule has 2 aromatic rings. The van der Waals surface area contributed by atoms with Gasteiger partial charge in [0.15, 0.2) is 0 Å². The van der Waals surface area contributed by atoms with E-state index in [0.717, 1.165) is 0 Å². The van der Waals surface area contributed by atoms with Crippen molar-refractivity contribution >= 4 is 26.6 Å². The van der Waals surface area contributed by atoms with Crippen molar-refractivity contribution in [3.8, 4) is 0 Å². The van der Waals surface area contributed by atoms with Crippen molar-refractivity contribution in [3.05, 3.63) is 36.4 Å². The van der Waals surface area contributed by atoms with Gasteiger partial charge in [0.05, 0.1) is 5.69 Å². The Kier molecular flexibility index (Phi) is 3.98. The summed E-state index contributed by atoms with van der Waals surface area (Å²) in [6, 6.07) is 9.57. The van der Waals surface area contributed by atoms with Crippen molar-refractivity contribution in [3.63, 3.8) is 0 Å². The largest absolute Gasteiger partial charge is 0.295 e. The highest BCUT2D eigenvalue weighted by Gasteiger charge is 2.15. The van der Waals surface area contributed by atoms with Crippen molar-refractivity contribution in [2.75, 3.05) is 14.1 Å². The minimum Gasteiger partial charge on any atom is -0.282 e. The Morgan fingerprint density at radius 2 is 1.75 bits per heavy atom. The summed E-state index contributed by atoms with van der Waals surface area (Å²) in [4.78, 5) is -0.146. The number of nitrogens with one attached hydrogen (secondary N) is 1. The van der Waals surface area contributed by atoms with Gasteiger partial charge in [0, 0.05) is 24.9 Å². The summed E-state index contributed by atoms with van der Waals surface area (Å²) in [7, 11) is -0.751. The highest BCUT2D eigenvalue weighted by molar-refractivity contribution is 7.86. The maximum Gasteiger partial charge on any atom is 0.295 e. The third-order valence-electron chi connectivity index (χ3n) is 2.54. The van der Waals surface area contributed by atoms with Crippen LogP contribution in [-0.2, 0) is 10.1 Å². The molecule has 0 radical (unpaired) electrons. The molecule has 0 aliphatic carbocycles. The molecule has 0 atom stereocenters. The predicted octanol–water partition coefficient (Wildman–Crippen LogP) is 2.15. The zero-order valence-electron chi connectivity index (χ0n) is 11.0. The summed E-state index contributed by atoms with van der Waals surface area (Å²) < 4.78 is 31.9. The van der Waals surface area contributed by atoms with Gasteiger partial charge in [-0.05, 0) is 12.1 Å². The second-order valence-corrected chi connectivity index (χ2v) is 5.69. The molecule has 0 saturated carbocycles. The second kappa shape index (κ2) is 5.53. The molecule has 0 aliphatic heterocycles. The molecule has 0 spiro atoms. The number of hydrazine groups is 1. The van der Waals surface area contributed by atoms with E-state index in [1.54, 1.807) is 43.4 Å². The molecule has 0 amide bonds. The Morgan fingerprint density at radius 1 is 1.10 bits per heavy atom. The van der Waals surface area contributed by atoms with Crippen molar-refractivity contribution in [2.24, 2.45) is 10.3 Å². The Labute approximate surface area is 116 Å². The van der Waals surface area contributed by atoms with E-state index in [0.29, 0.717) is 16.5 Å². The molecule has 7 nitrogen and oxygen atoms in total. The average molecular weight is 294 g/mol. The summed E-state index contributed by atoms with van der Waals surface area (Å²) in [5, 5.41) is 10.4. The zero-order valence-corrected chi connectivity index (χ0v) is 11.8. The predicted molar refractivity (Wildman–Crippen MR) is 75.1 cm³/mol. The Morgan fingerprint density at radius 3 is 2.35 bits per heavy atom. The van der Waals surface area contributed by atoms with E-state index in [-0.39, 0.29) is 4.90 Å². The van der Waals surface area contributed by atoms with Crippen LogP contribution in [0, 0.1) is 0 Å². The first-order valence-electron chi connectivity index (χ1n) is 5.72. The molecule has 0 aliphatic rings. The summed E-state index contributed by atoms with van der Waals surface area (Å²) >= 11 is 0. The summed E-state index contributed by atoms with van der Waals surface area (Å²) in [6.45, 7) is 0. The molecule has 0 fully saturated rings. The molecule has 20 heavy (non-hydrogen) atoms. The van der Waals surface area contributed by atoms with Crippen LogP contribution < -0.4 is 5.53 Å². The highest BCUT2D eigenvalue weighted by Crippen LogP contribution is 2.31. The van der Waals surface area contributed by atoms with Gasteiger partial charge in [0.2, 0.25) is 0 Å². The lowest BCUT2D eigenvalue weighted by Crippen LogP contribution is -2.24. The minimum atomic E-state index is -4.28. The molecule has 8 heteroatoms. The van der Waals surface area contributed by atoms with E-state index in [4.69, 9.17) is 0 Å². The van der Waals surface area contributed by atoms with Gasteiger partial charge in [-0.2, -0.15) is 8.42 Å². The summed E-state index contributed by atoms with van der Waals surface area (Å²) in [6.07, 6.45) is 0. The van der Waals surface area contributed by atoms with E-state index >= 15 is 0 Å². The van der Waals surface area contributed by atoms with Crippen molar-refractivity contribution in [1.82, 2.24) is 10.5 Å². The van der Waals surface area contributed by atoms with Gasteiger partial charge in [0.1, 0.15) is 4.90 Å². The lowest BCUT2D eigenvalue weighted by molar-refractivity contribution is 0.288. The van der Waals surface area contributed by atoms with Gasteiger partial charge in [0.25, 0.3) is 10.1 Å². The lowest BCUT2D eigenvalue weighted by atomic mass is 10.1. The lowest BCUT2D eigenvalue weighted by Gasteiger charge is -2.07. The Balaban J connectivity index is 2.58. The van der Waals surface area contributed by atoms with Gasteiger partial charge < -0.3 is 0 Å². The van der Waals surface area contributed by atoms with Crippen LogP contribution in [0.15, 0.2) is 51.6 Å². The van der Waals surface area contributed by atoms with E-state index in [2.05, 4.69) is 15.9 Å². The monoisotopic (exact) mass is 294 g/mol. The van der Waals surface area contributed by atoms with Gasteiger partial charge in [-0.3, -0.25) is 4.55 Å². The quantitative estimate of drug-likeness (QED) is 0.512. The number of fused-ring (bicyclic) bond motifs is 1. The van der Waals surface area contributed by atoms with Gasteiger partial charge in [-0.25, -0.2) is 10.5 Å². The molecule has 106 valence electrons. The van der Waals surface area contributed by atoms with Crippen LogP contribution in [0.5, 0.6) is 0 Å². The van der Waals surface area contributed by atoms with Crippen LogP contribution >= 0.6 is 0 Å². The van der Waals surface area contributed by atoms with E-state index in [9.17, 15) is 13.0 Å². The van der Waals surface area contributed by atoms with Crippen molar-refractivity contribution in [1.29, 1.82) is 0 Å². The number of benzene rings is 2. The first-order chi connectivity index (χ1) is 9.39. The van der Waals surface area contributed by atoms with Gasteiger partial charge in [-0.1, -0.05) is 29.5 Å². The van der Waals surface area contributed by atoms with Crippen molar-refractivity contribution in [2.45, 2.75) is 4.90 Å². The molecular formula is C12H14N4O3S. The molecule has 2 N–H and O–H groups in total. The Hall–Kier alpha value is -2.03. The SMILES string of the molecule is CN(C)NN=Nc1ccc(S(=O)(=O)O)c2ccccc12. The molecule has 0 aromatic heterocycles. The van der Waals surface area contributed by atoms with Crippen molar-refractivity contribution < 1.29 is 13.0 Å². The third-order valence-corrected chi connectivity index (χ3v) is 3.45. The van der Waals surface area contributed by atoms with Crippen LogP contribution in [0.4, 0.5) is 5.69 Å². The fourth-order valence-corrected chi connectivity index (χ4v) is 2.43. The highest BCUT2D eigenvalue weighted by atomic mass is 32.2. The first kappa shape index (κ1) is 14.4. The zero-order chi connectivity index (χ0) is 14.8. The molecule has 0 saturated heterocycles. The fraction of sp³-hybridized carbons (Fsp3) is 0.167. The molecular weight excluding hydrogens is 280 g/mol.